The summed E-state index contributed by atoms with van der Waals surface area (Å²) in [7, 11) is 0. The second kappa shape index (κ2) is 6.01. The number of hydrogen-bond acceptors (Lipinski definition) is 1. The van der Waals surface area contributed by atoms with Crippen molar-refractivity contribution in [1.82, 2.24) is 0 Å². The summed E-state index contributed by atoms with van der Waals surface area (Å²) >= 11 is 0. The van der Waals surface area contributed by atoms with Crippen molar-refractivity contribution in [3.05, 3.63) is 95.1 Å². The Kier molecular flexibility index (Phi) is 3.57. The van der Waals surface area contributed by atoms with Crippen LogP contribution in [-0.2, 0) is 4.74 Å². The average Bonchev–Trinajstić information content (AvgIpc) is 3.21. The molecule has 1 heteroatoms. The molecule has 2 aliphatic rings. The van der Waals surface area contributed by atoms with Gasteiger partial charge in [0.1, 0.15) is 12.2 Å². The van der Waals surface area contributed by atoms with Crippen LogP contribution in [0.1, 0.15) is 11.1 Å². The van der Waals surface area contributed by atoms with Gasteiger partial charge in [-0.3, -0.25) is 0 Å². The van der Waals surface area contributed by atoms with E-state index in [0.717, 1.165) is 22.3 Å². The largest absolute Gasteiger partial charge is 0.356 e. The normalized spacial score (nSPS) is 20.7. The van der Waals surface area contributed by atoms with Crippen molar-refractivity contribution < 1.29 is 4.74 Å². The molecule has 2 unspecified atom stereocenters. The molecule has 1 nitrogen and oxygen atoms in total. The molecule has 0 amide bonds. The maximum Gasteiger partial charge on any atom is 0.111 e. The molecule has 2 aromatic rings. The molecule has 2 heterocycles. The molecular formula is C22H14O. The second-order valence-electron chi connectivity index (χ2n) is 5.42. The highest BCUT2D eigenvalue weighted by Crippen LogP contribution is 2.33. The molecule has 0 saturated heterocycles. The highest BCUT2D eigenvalue weighted by molar-refractivity contribution is 5.59. The molecule has 0 fully saturated rings. The van der Waals surface area contributed by atoms with E-state index in [1.807, 2.05) is 60.7 Å². The maximum absolute atomic E-state index is 5.88. The summed E-state index contributed by atoms with van der Waals surface area (Å²) in [4.78, 5) is 0. The highest BCUT2D eigenvalue weighted by atomic mass is 16.5. The lowest BCUT2D eigenvalue weighted by Crippen LogP contribution is -2.01. The Bertz CT molecular complexity index is 821. The van der Waals surface area contributed by atoms with Gasteiger partial charge in [0.05, 0.1) is 0 Å². The van der Waals surface area contributed by atoms with E-state index in [1.54, 1.807) is 0 Å². The molecule has 0 aromatic heterocycles. The summed E-state index contributed by atoms with van der Waals surface area (Å²) in [6.07, 6.45) is 4.04. The fourth-order valence-electron chi connectivity index (χ4n) is 2.68. The lowest BCUT2D eigenvalue weighted by Gasteiger charge is -2.02. The third-order valence-electron chi connectivity index (χ3n) is 3.84. The number of ether oxygens (including phenoxy) is 1. The standard InChI is InChI=1S/C22H14O/c1-3-7-17(8-4-1)11-13-19-20(22-16-15-21(19)23-22)14-12-18-9-5-2-6-10-18/h1-10,15-16,21-22H. The van der Waals surface area contributed by atoms with Crippen molar-refractivity contribution in [2.45, 2.75) is 12.2 Å². The zero-order valence-electron chi connectivity index (χ0n) is 12.5. The first-order valence-corrected chi connectivity index (χ1v) is 7.62. The van der Waals surface area contributed by atoms with Crippen LogP contribution >= 0.6 is 0 Å². The van der Waals surface area contributed by atoms with Gasteiger partial charge in [-0.2, -0.15) is 0 Å². The van der Waals surface area contributed by atoms with Gasteiger partial charge >= 0.3 is 0 Å². The van der Waals surface area contributed by atoms with E-state index < -0.39 is 0 Å². The topological polar surface area (TPSA) is 9.23 Å². The molecule has 108 valence electrons. The lowest BCUT2D eigenvalue weighted by molar-refractivity contribution is 0.131. The van der Waals surface area contributed by atoms with Crippen molar-refractivity contribution in [2.24, 2.45) is 0 Å². The van der Waals surface area contributed by atoms with E-state index in [1.165, 1.54) is 0 Å². The van der Waals surface area contributed by atoms with Crippen molar-refractivity contribution >= 4 is 0 Å². The number of rotatable bonds is 0. The SMILES string of the molecule is C(#Cc1ccccc1)C1=C(C#Cc2ccccc2)C2C=CC1O2. The average molecular weight is 294 g/mol. The molecule has 0 N–H and O–H groups in total. The summed E-state index contributed by atoms with van der Waals surface area (Å²) in [6.45, 7) is 0. The monoisotopic (exact) mass is 294 g/mol. The van der Waals surface area contributed by atoms with Gasteiger partial charge in [-0.05, 0) is 24.3 Å². The summed E-state index contributed by atoms with van der Waals surface area (Å²) in [5.41, 5.74) is 3.99. The Hall–Kier alpha value is -3.00. The van der Waals surface area contributed by atoms with Crippen LogP contribution < -0.4 is 0 Å². The van der Waals surface area contributed by atoms with Crippen LogP contribution in [0.2, 0.25) is 0 Å². The van der Waals surface area contributed by atoms with E-state index in [4.69, 9.17) is 4.74 Å². The smallest absolute Gasteiger partial charge is 0.111 e. The fourth-order valence-corrected chi connectivity index (χ4v) is 2.68. The first-order valence-electron chi connectivity index (χ1n) is 7.62. The molecule has 4 rings (SSSR count). The highest BCUT2D eigenvalue weighted by Gasteiger charge is 2.34. The molecule has 0 spiro atoms. The molecule has 0 aliphatic carbocycles. The van der Waals surface area contributed by atoms with Crippen LogP contribution in [0.3, 0.4) is 0 Å². The Morgan fingerprint density at radius 3 is 1.43 bits per heavy atom. The quantitative estimate of drug-likeness (QED) is 0.531. The van der Waals surface area contributed by atoms with Crippen molar-refractivity contribution in [3.63, 3.8) is 0 Å². The molecule has 2 bridgehead atoms. The zero-order chi connectivity index (χ0) is 15.5. The van der Waals surface area contributed by atoms with Crippen LogP contribution in [0.25, 0.3) is 0 Å². The molecule has 2 atom stereocenters. The van der Waals surface area contributed by atoms with Crippen LogP contribution in [0, 0.1) is 23.7 Å². The van der Waals surface area contributed by atoms with Gasteiger partial charge in [0.2, 0.25) is 0 Å². The van der Waals surface area contributed by atoms with Gasteiger partial charge in [-0.15, -0.1) is 0 Å². The molecular weight excluding hydrogens is 280 g/mol. The zero-order valence-corrected chi connectivity index (χ0v) is 12.5. The third kappa shape index (κ3) is 2.84. The van der Waals surface area contributed by atoms with Gasteiger partial charge in [-0.25, -0.2) is 0 Å². The molecule has 23 heavy (non-hydrogen) atoms. The Balaban J connectivity index is 1.69. The van der Waals surface area contributed by atoms with Gasteiger partial charge in [0.15, 0.2) is 0 Å². The van der Waals surface area contributed by atoms with Gasteiger partial charge in [0.25, 0.3) is 0 Å². The predicted molar refractivity (Wildman–Crippen MR) is 91.5 cm³/mol. The second-order valence-corrected chi connectivity index (χ2v) is 5.42. The maximum atomic E-state index is 5.88. The minimum Gasteiger partial charge on any atom is -0.356 e. The molecule has 2 aromatic carbocycles. The molecule has 0 saturated carbocycles. The van der Waals surface area contributed by atoms with Gasteiger partial charge in [-0.1, -0.05) is 72.2 Å². The van der Waals surface area contributed by atoms with Crippen molar-refractivity contribution in [3.8, 4) is 23.7 Å². The molecule has 0 radical (unpaired) electrons. The Morgan fingerprint density at radius 2 is 1.00 bits per heavy atom. The van der Waals surface area contributed by atoms with Gasteiger partial charge < -0.3 is 4.74 Å². The number of benzene rings is 2. The van der Waals surface area contributed by atoms with Crippen molar-refractivity contribution in [1.29, 1.82) is 0 Å². The summed E-state index contributed by atoms with van der Waals surface area (Å²) in [5.74, 6) is 13.0. The summed E-state index contributed by atoms with van der Waals surface area (Å²) < 4.78 is 5.88. The fraction of sp³-hybridized carbons (Fsp3) is 0.0909. The van der Waals surface area contributed by atoms with Gasteiger partial charge in [0, 0.05) is 22.3 Å². The first kappa shape index (κ1) is 13.6. The van der Waals surface area contributed by atoms with Crippen LogP contribution in [-0.4, -0.2) is 12.2 Å². The van der Waals surface area contributed by atoms with E-state index in [0.29, 0.717) is 0 Å². The molecule has 2 aliphatic heterocycles. The van der Waals surface area contributed by atoms with Crippen LogP contribution in [0.5, 0.6) is 0 Å². The number of fused-ring (bicyclic) bond motifs is 2. The van der Waals surface area contributed by atoms with E-state index in [-0.39, 0.29) is 12.2 Å². The minimum absolute atomic E-state index is 0.0451. The first-order chi connectivity index (χ1) is 11.4. The Labute approximate surface area is 136 Å². The number of hydrogen-bond donors (Lipinski definition) is 0. The predicted octanol–water partition coefficient (Wildman–Crippen LogP) is 3.72. The van der Waals surface area contributed by atoms with Crippen LogP contribution in [0.4, 0.5) is 0 Å². The van der Waals surface area contributed by atoms with Crippen LogP contribution in [0.15, 0.2) is 84.0 Å². The third-order valence-corrected chi connectivity index (χ3v) is 3.84. The van der Waals surface area contributed by atoms with E-state index >= 15 is 0 Å². The Morgan fingerprint density at radius 1 is 0.565 bits per heavy atom. The van der Waals surface area contributed by atoms with Crippen molar-refractivity contribution in [2.75, 3.05) is 0 Å². The summed E-state index contributed by atoms with van der Waals surface area (Å²) in [5, 5.41) is 0. The summed E-state index contributed by atoms with van der Waals surface area (Å²) in [6, 6.07) is 20.0. The lowest BCUT2D eigenvalue weighted by atomic mass is 9.97. The van der Waals surface area contributed by atoms with E-state index in [2.05, 4.69) is 35.8 Å². The van der Waals surface area contributed by atoms with E-state index in [9.17, 15) is 0 Å². The minimum atomic E-state index is -0.0451.